The Morgan fingerprint density at radius 2 is 1.06 bits per heavy atom. The molecule has 7 heteroatoms. The molecule has 0 saturated carbocycles. The lowest BCUT2D eigenvalue weighted by Crippen LogP contribution is -2.21. The van der Waals surface area contributed by atoms with Gasteiger partial charge in [0.25, 0.3) is 0 Å². The highest BCUT2D eigenvalue weighted by molar-refractivity contribution is 6.30. The minimum atomic E-state index is -1.19. The Labute approximate surface area is 211 Å². The van der Waals surface area contributed by atoms with Crippen LogP contribution >= 0.6 is 11.6 Å². The number of aryl methyl sites for hydroxylation is 4. The second kappa shape index (κ2) is 8.57. The van der Waals surface area contributed by atoms with Gasteiger partial charge in [-0.25, -0.2) is 9.59 Å². The summed E-state index contributed by atoms with van der Waals surface area (Å²) in [5.41, 5.74) is 2.42. The fourth-order valence-electron chi connectivity index (χ4n) is 4.55. The van der Waals surface area contributed by atoms with Gasteiger partial charge >= 0.3 is 11.3 Å². The van der Waals surface area contributed by atoms with Gasteiger partial charge in [0.2, 0.25) is 0 Å². The molecule has 5 rings (SSSR count). The summed E-state index contributed by atoms with van der Waals surface area (Å²) in [6.07, 6.45) is 0. The van der Waals surface area contributed by atoms with E-state index in [2.05, 4.69) is 0 Å². The van der Waals surface area contributed by atoms with Gasteiger partial charge in [0.1, 0.15) is 22.7 Å². The van der Waals surface area contributed by atoms with Crippen LogP contribution in [0.5, 0.6) is 11.5 Å². The molecule has 3 aromatic carbocycles. The monoisotopic (exact) mass is 502 g/mol. The molecular formula is C29H23ClO6. The molecule has 0 fully saturated rings. The standard InChI is InChI=1S/C29H23ClO6/c1-13-9-19-21(11-15(13)3)35-28(33)24(26(19)31)23(17-5-7-18(30)8-6-17)25-27(32)20-10-14(2)16(4)12-22(20)36-29(25)34/h5-12,23,31-32H,1-4H3. The van der Waals surface area contributed by atoms with Crippen molar-refractivity contribution in [1.82, 2.24) is 0 Å². The summed E-state index contributed by atoms with van der Waals surface area (Å²) in [6, 6.07) is 13.3. The van der Waals surface area contributed by atoms with Crippen LogP contribution in [0.25, 0.3) is 21.9 Å². The number of benzene rings is 3. The molecule has 0 bridgehead atoms. The maximum absolute atomic E-state index is 13.3. The molecule has 2 N–H and O–H groups in total. The van der Waals surface area contributed by atoms with Gasteiger partial charge in [0, 0.05) is 5.02 Å². The SMILES string of the molecule is Cc1cc2oc(=O)c(C(c3ccc(Cl)cc3)c3c(O)c4cc(C)c(C)cc4oc3=O)c(O)c2cc1C. The molecule has 2 heterocycles. The summed E-state index contributed by atoms with van der Waals surface area (Å²) in [7, 11) is 0. The van der Waals surface area contributed by atoms with Crippen LogP contribution in [0.1, 0.15) is 44.9 Å². The highest BCUT2D eigenvalue weighted by Gasteiger charge is 2.32. The molecule has 0 unspecified atom stereocenters. The lowest BCUT2D eigenvalue weighted by Gasteiger charge is -2.20. The van der Waals surface area contributed by atoms with E-state index in [1.165, 1.54) is 0 Å². The minimum absolute atomic E-state index is 0.182. The molecule has 0 amide bonds. The lowest BCUT2D eigenvalue weighted by molar-refractivity contribution is 0.441. The Balaban J connectivity index is 1.91. The van der Waals surface area contributed by atoms with Crippen LogP contribution in [-0.2, 0) is 0 Å². The smallest absolute Gasteiger partial charge is 0.344 e. The van der Waals surface area contributed by atoms with Crippen molar-refractivity contribution in [2.24, 2.45) is 0 Å². The van der Waals surface area contributed by atoms with Crippen molar-refractivity contribution in [3.05, 3.63) is 113 Å². The maximum atomic E-state index is 13.3. The Bertz CT molecular complexity index is 1680. The van der Waals surface area contributed by atoms with E-state index in [1.54, 1.807) is 48.5 Å². The largest absolute Gasteiger partial charge is 0.507 e. The van der Waals surface area contributed by atoms with Crippen molar-refractivity contribution in [3.63, 3.8) is 0 Å². The fraction of sp³-hybridized carbons (Fsp3) is 0.172. The molecule has 182 valence electrons. The van der Waals surface area contributed by atoms with Crippen LogP contribution in [0.3, 0.4) is 0 Å². The first-order valence-electron chi connectivity index (χ1n) is 11.4. The Morgan fingerprint density at radius 1 is 0.667 bits per heavy atom. The molecule has 0 spiro atoms. The van der Waals surface area contributed by atoms with Crippen LogP contribution in [0.2, 0.25) is 5.02 Å². The van der Waals surface area contributed by atoms with Gasteiger partial charge in [-0.2, -0.15) is 0 Å². The zero-order chi connectivity index (χ0) is 25.9. The Hall–Kier alpha value is -4.03. The highest BCUT2D eigenvalue weighted by Crippen LogP contribution is 2.42. The molecule has 0 aliphatic rings. The number of fused-ring (bicyclic) bond motifs is 2. The normalized spacial score (nSPS) is 11.6. The summed E-state index contributed by atoms with van der Waals surface area (Å²) in [5, 5.41) is 23.8. The van der Waals surface area contributed by atoms with E-state index in [0.717, 1.165) is 22.3 Å². The number of aromatic hydroxyl groups is 2. The summed E-state index contributed by atoms with van der Waals surface area (Å²) < 4.78 is 11.2. The van der Waals surface area contributed by atoms with Crippen LogP contribution < -0.4 is 11.3 Å². The lowest BCUT2D eigenvalue weighted by atomic mass is 9.84. The summed E-state index contributed by atoms with van der Waals surface area (Å²) in [5.74, 6) is -1.85. The molecular weight excluding hydrogens is 480 g/mol. The first kappa shape index (κ1) is 23.7. The van der Waals surface area contributed by atoms with Gasteiger partial charge in [-0.1, -0.05) is 23.7 Å². The average Bonchev–Trinajstić information content (AvgIpc) is 2.82. The van der Waals surface area contributed by atoms with E-state index in [-0.39, 0.29) is 33.8 Å². The first-order chi connectivity index (χ1) is 17.1. The summed E-state index contributed by atoms with van der Waals surface area (Å²) >= 11 is 6.09. The number of halogens is 1. The van der Waals surface area contributed by atoms with Crippen LogP contribution in [0.15, 0.2) is 67.0 Å². The van der Waals surface area contributed by atoms with Crippen molar-refractivity contribution < 1.29 is 19.0 Å². The van der Waals surface area contributed by atoms with Crippen molar-refractivity contribution >= 4 is 33.5 Å². The molecule has 0 radical (unpaired) electrons. The van der Waals surface area contributed by atoms with E-state index < -0.39 is 17.2 Å². The van der Waals surface area contributed by atoms with E-state index in [9.17, 15) is 19.8 Å². The average molecular weight is 503 g/mol. The first-order valence-corrected chi connectivity index (χ1v) is 11.7. The summed E-state index contributed by atoms with van der Waals surface area (Å²) in [4.78, 5) is 26.6. The topological polar surface area (TPSA) is 101 Å². The van der Waals surface area contributed by atoms with Crippen molar-refractivity contribution in [2.75, 3.05) is 0 Å². The van der Waals surface area contributed by atoms with Gasteiger partial charge in [0.05, 0.1) is 27.8 Å². The number of hydrogen-bond acceptors (Lipinski definition) is 6. The van der Waals surface area contributed by atoms with Crippen molar-refractivity contribution in [1.29, 1.82) is 0 Å². The van der Waals surface area contributed by atoms with E-state index in [0.29, 0.717) is 21.4 Å². The summed E-state index contributed by atoms with van der Waals surface area (Å²) in [6.45, 7) is 7.50. The zero-order valence-electron chi connectivity index (χ0n) is 20.1. The van der Waals surface area contributed by atoms with E-state index >= 15 is 0 Å². The van der Waals surface area contributed by atoms with Gasteiger partial charge in [-0.05, 0) is 91.9 Å². The highest BCUT2D eigenvalue weighted by atomic mass is 35.5. The third kappa shape index (κ3) is 3.74. The number of rotatable bonds is 3. The molecule has 0 saturated heterocycles. The molecule has 0 atom stereocenters. The maximum Gasteiger partial charge on any atom is 0.344 e. The molecule has 2 aromatic heterocycles. The van der Waals surface area contributed by atoms with Gasteiger partial charge in [-0.15, -0.1) is 0 Å². The minimum Gasteiger partial charge on any atom is -0.507 e. The quantitative estimate of drug-likeness (QED) is 0.278. The number of hydrogen-bond donors (Lipinski definition) is 2. The van der Waals surface area contributed by atoms with Gasteiger partial charge < -0.3 is 19.0 Å². The predicted molar refractivity (Wildman–Crippen MR) is 140 cm³/mol. The van der Waals surface area contributed by atoms with Crippen molar-refractivity contribution in [3.8, 4) is 11.5 Å². The molecule has 36 heavy (non-hydrogen) atoms. The van der Waals surface area contributed by atoms with E-state index in [1.807, 2.05) is 27.7 Å². The third-order valence-corrected chi connectivity index (χ3v) is 7.09. The van der Waals surface area contributed by atoms with E-state index in [4.69, 9.17) is 20.4 Å². The molecule has 6 nitrogen and oxygen atoms in total. The molecule has 0 aliphatic heterocycles. The van der Waals surface area contributed by atoms with Gasteiger partial charge in [0.15, 0.2) is 0 Å². The van der Waals surface area contributed by atoms with Gasteiger partial charge in [-0.3, -0.25) is 0 Å². The molecule has 0 aliphatic carbocycles. The van der Waals surface area contributed by atoms with Crippen LogP contribution in [0.4, 0.5) is 0 Å². The third-order valence-electron chi connectivity index (χ3n) is 6.84. The van der Waals surface area contributed by atoms with Crippen LogP contribution in [0, 0.1) is 27.7 Å². The Morgan fingerprint density at radius 3 is 1.47 bits per heavy atom. The second-order valence-electron chi connectivity index (χ2n) is 9.15. The predicted octanol–water partition coefficient (Wildman–Crippen LogP) is 6.38. The Kier molecular flexibility index (Phi) is 5.64. The zero-order valence-corrected chi connectivity index (χ0v) is 20.9. The van der Waals surface area contributed by atoms with Crippen molar-refractivity contribution in [2.45, 2.75) is 33.6 Å². The second-order valence-corrected chi connectivity index (χ2v) is 9.59. The fourth-order valence-corrected chi connectivity index (χ4v) is 4.68. The van der Waals surface area contributed by atoms with Crippen LogP contribution in [-0.4, -0.2) is 10.2 Å². The molecule has 5 aromatic rings.